The van der Waals surface area contributed by atoms with Crippen LogP contribution in [0.25, 0.3) is 0 Å². The van der Waals surface area contributed by atoms with Crippen LogP contribution in [0.5, 0.6) is 0 Å². The Balaban J connectivity index is 2.02. The molecule has 1 heterocycles. The fourth-order valence-electron chi connectivity index (χ4n) is 1.71. The molecule has 0 amide bonds. The van der Waals surface area contributed by atoms with Crippen LogP contribution in [0.1, 0.15) is 21.6 Å². The summed E-state index contributed by atoms with van der Waals surface area (Å²) in [6, 6.07) is 11.3. The summed E-state index contributed by atoms with van der Waals surface area (Å²) < 4.78 is 6.77. The fourth-order valence-corrected chi connectivity index (χ4v) is 1.71. The molecule has 0 spiro atoms. The van der Waals surface area contributed by atoms with Gasteiger partial charge in [-0.2, -0.15) is 4.73 Å². The van der Waals surface area contributed by atoms with Gasteiger partial charge in [0.2, 0.25) is 0 Å². The number of esters is 1. The summed E-state index contributed by atoms with van der Waals surface area (Å²) in [6.07, 6.45) is 1.69. The predicted molar refractivity (Wildman–Crippen MR) is 67.2 cm³/mol. The van der Waals surface area contributed by atoms with Gasteiger partial charge in [0.25, 0.3) is 0 Å². The van der Waals surface area contributed by atoms with Crippen LogP contribution in [-0.4, -0.2) is 17.8 Å². The van der Waals surface area contributed by atoms with Gasteiger partial charge in [-0.05, 0) is 18.6 Å². The van der Waals surface area contributed by atoms with Crippen molar-refractivity contribution in [1.29, 1.82) is 0 Å². The molecule has 0 saturated heterocycles. The molecule has 0 N–H and O–H groups in total. The molecule has 0 saturated carbocycles. The van der Waals surface area contributed by atoms with Gasteiger partial charge < -0.3 is 9.57 Å². The van der Waals surface area contributed by atoms with Crippen LogP contribution >= 0.6 is 0 Å². The van der Waals surface area contributed by atoms with Crippen LogP contribution in [0, 0.1) is 6.92 Å². The van der Waals surface area contributed by atoms with Crippen molar-refractivity contribution in [3.63, 3.8) is 0 Å². The molecule has 1 aromatic heterocycles. The lowest BCUT2D eigenvalue weighted by atomic mass is 10.2. The second-order valence-electron chi connectivity index (χ2n) is 3.88. The van der Waals surface area contributed by atoms with E-state index in [-0.39, 0.29) is 12.6 Å². The van der Waals surface area contributed by atoms with Gasteiger partial charge in [0, 0.05) is 6.20 Å². The molecule has 0 atom stereocenters. The molecule has 0 fully saturated rings. The number of hydrogen-bond acceptors (Lipinski definition) is 3. The summed E-state index contributed by atoms with van der Waals surface area (Å²) >= 11 is 0. The SMILES string of the molecule is COn1ccc(C(=O)OCc2ccccc2)c1C. The van der Waals surface area contributed by atoms with Gasteiger partial charge in [0.05, 0.1) is 11.3 Å². The zero-order chi connectivity index (χ0) is 13.0. The normalized spacial score (nSPS) is 10.1. The maximum Gasteiger partial charge on any atom is 0.340 e. The highest BCUT2D eigenvalue weighted by molar-refractivity contribution is 5.90. The first kappa shape index (κ1) is 12.2. The van der Waals surface area contributed by atoms with Crippen LogP contribution < -0.4 is 4.84 Å². The van der Waals surface area contributed by atoms with E-state index in [1.807, 2.05) is 37.3 Å². The molecule has 0 aliphatic rings. The minimum atomic E-state index is -0.341. The van der Waals surface area contributed by atoms with Gasteiger partial charge in [-0.15, -0.1) is 0 Å². The highest BCUT2D eigenvalue weighted by atomic mass is 16.6. The number of aromatic nitrogens is 1. The Morgan fingerprint density at radius 1 is 1.22 bits per heavy atom. The summed E-state index contributed by atoms with van der Waals surface area (Å²) in [5, 5.41) is 0. The molecule has 94 valence electrons. The molecule has 4 heteroatoms. The molecular formula is C14H15NO3. The summed E-state index contributed by atoms with van der Waals surface area (Å²) in [7, 11) is 1.55. The zero-order valence-electron chi connectivity index (χ0n) is 10.4. The van der Waals surface area contributed by atoms with Gasteiger partial charge in [-0.25, -0.2) is 4.79 Å². The van der Waals surface area contributed by atoms with E-state index in [1.54, 1.807) is 19.4 Å². The quantitative estimate of drug-likeness (QED) is 0.775. The van der Waals surface area contributed by atoms with Crippen molar-refractivity contribution in [1.82, 2.24) is 4.73 Å². The molecule has 2 aromatic rings. The largest absolute Gasteiger partial charge is 0.457 e. The summed E-state index contributed by atoms with van der Waals surface area (Å²) in [6.45, 7) is 2.08. The maximum atomic E-state index is 11.9. The fraction of sp³-hybridized carbons (Fsp3) is 0.214. The first-order valence-electron chi connectivity index (χ1n) is 5.66. The van der Waals surface area contributed by atoms with E-state index in [9.17, 15) is 4.79 Å². The van der Waals surface area contributed by atoms with E-state index in [4.69, 9.17) is 9.57 Å². The second-order valence-corrected chi connectivity index (χ2v) is 3.88. The van der Waals surface area contributed by atoms with Crippen molar-refractivity contribution in [3.8, 4) is 0 Å². The van der Waals surface area contributed by atoms with Crippen molar-refractivity contribution >= 4 is 5.97 Å². The van der Waals surface area contributed by atoms with Crippen LogP contribution in [0.2, 0.25) is 0 Å². The van der Waals surface area contributed by atoms with Crippen molar-refractivity contribution in [2.24, 2.45) is 0 Å². The van der Waals surface area contributed by atoms with E-state index in [0.717, 1.165) is 11.3 Å². The maximum absolute atomic E-state index is 11.9. The lowest BCUT2D eigenvalue weighted by Crippen LogP contribution is -2.10. The minimum Gasteiger partial charge on any atom is -0.457 e. The van der Waals surface area contributed by atoms with Gasteiger partial charge in [0.15, 0.2) is 0 Å². The lowest BCUT2D eigenvalue weighted by molar-refractivity contribution is 0.0469. The average molecular weight is 245 g/mol. The highest BCUT2D eigenvalue weighted by Crippen LogP contribution is 2.11. The Bertz CT molecular complexity index is 531. The van der Waals surface area contributed by atoms with Crippen molar-refractivity contribution < 1.29 is 14.4 Å². The topological polar surface area (TPSA) is 40.5 Å². The van der Waals surface area contributed by atoms with Gasteiger partial charge in [-0.1, -0.05) is 30.3 Å². The first-order valence-corrected chi connectivity index (χ1v) is 5.66. The molecule has 4 nitrogen and oxygen atoms in total. The van der Waals surface area contributed by atoms with E-state index >= 15 is 0 Å². The van der Waals surface area contributed by atoms with E-state index < -0.39 is 0 Å². The number of rotatable bonds is 4. The molecule has 0 radical (unpaired) electrons. The van der Waals surface area contributed by atoms with Crippen molar-refractivity contribution in [3.05, 3.63) is 59.4 Å². The number of nitrogens with zero attached hydrogens (tertiary/aromatic N) is 1. The van der Waals surface area contributed by atoms with Crippen LogP contribution in [-0.2, 0) is 11.3 Å². The molecule has 0 aliphatic carbocycles. The number of benzene rings is 1. The molecular weight excluding hydrogens is 230 g/mol. The number of ether oxygens (including phenoxy) is 1. The zero-order valence-corrected chi connectivity index (χ0v) is 10.4. The molecule has 2 rings (SSSR count). The molecule has 0 aliphatic heterocycles. The number of carbonyl (C=O) groups is 1. The van der Waals surface area contributed by atoms with Gasteiger partial charge in [0.1, 0.15) is 13.7 Å². The minimum absolute atomic E-state index is 0.275. The smallest absolute Gasteiger partial charge is 0.340 e. The van der Waals surface area contributed by atoms with E-state index in [2.05, 4.69) is 0 Å². The Morgan fingerprint density at radius 2 is 1.94 bits per heavy atom. The number of carbonyl (C=O) groups excluding carboxylic acids is 1. The predicted octanol–water partition coefficient (Wildman–Crippen LogP) is 2.21. The third-order valence-electron chi connectivity index (χ3n) is 2.73. The van der Waals surface area contributed by atoms with Crippen LogP contribution in [0.4, 0.5) is 0 Å². The number of hydrogen-bond donors (Lipinski definition) is 0. The van der Waals surface area contributed by atoms with E-state index in [0.29, 0.717) is 5.56 Å². The Hall–Kier alpha value is -2.23. The average Bonchev–Trinajstić information content (AvgIpc) is 2.78. The monoisotopic (exact) mass is 245 g/mol. The molecule has 0 unspecified atom stereocenters. The second kappa shape index (κ2) is 5.40. The third-order valence-corrected chi connectivity index (χ3v) is 2.73. The Kier molecular flexibility index (Phi) is 3.67. The molecule has 1 aromatic carbocycles. The summed E-state index contributed by atoms with van der Waals surface area (Å²) in [5.74, 6) is -0.341. The van der Waals surface area contributed by atoms with Crippen molar-refractivity contribution in [2.75, 3.05) is 7.11 Å². The first-order chi connectivity index (χ1) is 8.72. The third kappa shape index (κ3) is 2.53. The molecule has 18 heavy (non-hydrogen) atoms. The van der Waals surface area contributed by atoms with Crippen LogP contribution in [0.15, 0.2) is 42.6 Å². The van der Waals surface area contributed by atoms with Crippen LogP contribution in [0.3, 0.4) is 0 Å². The highest BCUT2D eigenvalue weighted by Gasteiger charge is 2.14. The van der Waals surface area contributed by atoms with Gasteiger partial charge in [-0.3, -0.25) is 0 Å². The summed E-state index contributed by atoms with van der Waals surface area (Å²) in [5.41, 5.74) is 2.22. The lowest BCUT2D eigenvalue weighted by Gasteiger charge is -2.06. The Labute approximate surface area is 106 Å². The van der Waals surface area contributed by atoms with E-state index in [1.165, 1.54) is 4.73 Å². The molecule has 0 bridgehead atoms. The van der Waals surface area contributed by atoms with Gasteiger partial charge >= 0.3 is 5.97 Å². The summed E-state index contributed by atoms with van der Waals surface area (Å²) in [4.78, 5) is 16.9. The Morgan fingerprint density at radius 3 is 2.56 bits per heavy atom. The van der Waals surface area contributed by atoms with Crippen molar-refractivity contribution in [2.45, 2.75) is 13.5 Å². The standard InChI is InChI=1S/C14H15NO3/c1-11-13(8-9-15(11)17-2)14(16)18-10-12-6-4-3-5-7-12/h3-9H,10H2,1-2H3.